The maximum Gasteiger partial charge on any atom is 1.00 e. The molecule has 0 spiro atoms. The molecule has 5 nitrogen and oxygen atoms in total. The van der Waals surface area contributed by atoms with E-state index >= 15 is 0 Å². The largest absolute Gasteiger partial charge is 1.00 e. The summed E-state index contributed by atoms with van der Waals surface area (Å²) in [5, 5.41) is 0. The third kappa shape index (κ3) is 5.02. The van der Waals surface area contributed by atoms with Crippen LogP contribution in [-0.4, -0.2) is 50.5 Å². The third-order valence-electron chi connectivity index (χ3n) is 3.68. The molecular weight excluding hydrogens is 293 g/mol. The molecule has 1 aliphatic rings. The summed E-state index contributed by atoms with van der Waals surface area (Å²) in [7, 11) is 2.95. The van der Waals surface area contributed by atoms with Gasteiger partial charge in [-0.15, -0.1) is 0 Å². The third-order valence-corrected chi connectivity index (χ3v) is 3.68. The van der Waals surface area contributed by atoms with Crippen molar-refractivity contribution in [1.82, 2.24) is 4.90 Å². The average Bonchev–Trinajstić information content (AvgIpc) is 2.53. The number of likely N-dealkylation sites (tertiary alicyclic amines) is 1. The van der Waals surface area contributed by atoms with Crippen molar-refractivity contribution < 1.29 is 48.6 Å². The number of methoxy groups -OCH3 is 2. The van der Waals surface area contributed by atoms with E-state index in [1.165, 1.54) is 12.7 Å². The van der Waals surface area contributed by atoms with E-state index in [2.05, 4.69) is 9.64 Å². The first-order chi connectivity index (χ1) is 10.1. The van der Waals surface area contributed by atoms with Crippen LogP contribution in [-0.2, 0) is 20.7 Å². The van der Waals surface area contributed by atoms with E-state index in [1.54, 1.807) is 7.11 Å². The van der Waals surface area contributed by atoms with Gasteiger partial charge in [0.2, 0.25) is 0 Å². The maximum atomic E-state index is 11.7. The van der Waals surface area contributed by atoms with Crippen molar-refractivity contribution in [1.29, 1.82) is 0 Å². The molecule has 1 aromatic carbocycles. The minimum absolute atomic E-state index is 0. The van der Waals surface area contributed by atoms with E-state index in [0.29, 0.717) is 19.5 Å². The van der Waals surface area contributed by atoms with Gasteiger partial charge < -0.3 is 19.2 Å². The Balaban J connectivity index is 0.00000242. The molecule has 1 saturated heterocycles. The molecule has 1 aliphatic heterocycles. The molecule has 2 rings (SSSR count). The molecule has 1 aromatic rings. The zero-order valence-electron chi connectivity index (χ0n) is 13.4. The average molecular weight is 313 g/mol. The molecule has 0 aromatic heterocycles. The van der Waals surface area contributed by atoms with Crippen LogP contribution in [0.25, 0.3) is 0 Å². The summed E-state index contributed by atoms with van der Waals surface area (Å²) in [5.41, 5.74) is 1.20. The van der Waals surface area contributed by atoms with E-state index in [-0.39, 0.29) is 41.3 Å². The fraction of sp³-hybridized carbons (Fsp3) is 0.438. The van der Waals surface area contributed by atoms with Crippen LogP contribution in [0.1, 0.15) is 12.0 Å². The number of esters is 1. The Hall–Kier alpha value is -1.01. The molecule has 114 valence electrons. The van der Waals surface area contributed by atoms with Crippen molar-refractivity contribution in [2.45, 2.75) is 12.8 Å². The van der Waals surface area contributed by atoms with Crippen LogP contribution in [0, 0.1) is 5.92 Å². The minimum atomic E-state index is -0.505. The molecule has 0 unspecified atom stereocenters. The fourth-order valence-corrected chi connectivity index (χ4v) is 2.37. The van der Waals surface area contributed by atoms with Crippen molar-refractivity contribution in [3.8, 4) is 5.75 Å². The van der Waals surface area contributed by atoms with E-state index in [4.69, 9.17) is 4.74 Å². The Morgan fingerprint density at radius 3 is 2.55 bits per heavy atom. The Morgan fingerprint density at radius 1 is 1.27 bits per heavy atom. The topological polar surface area (TPSA) is 55.8 Å². The molecule has 1 heterocycles. The van der Waals surface area contributed by atoms with Crippen LogP contribution >= 0.6 is 0 Å². The smallest absolute Gasteiger partial charge is 0.497 e. The zero-order chi connectivity index (χ0) is 15.2. The summed E-state index contributed by atoms with van der Waals surface area (Å²) in [4.78, 5) is 25.4. The number of hydrogen-bond donors (Lipinski definition) is 0. The van der Waals surface area contributed by atoms with Gasteiger partial charge in [0.15, 0.2) is 5.97 Å². The Kier molecular flexibility index (Phi) is 7.96. The van der Waals surface area contributed by atoms with Gasteiger partial charge in [0.1, 0.15) is 5.75 Å². The summed E-state index contributed by atoms with van der Waals surface area (Å²) < 4.78 is 9.78. The van der Waals surface area contributed by atoms with Crippen LogP contribution in [0.2, 0.25) is 0 Å². The monoisotopic (exact) mass is 313 g/mol. The molecule has 0 aliphatic carbocycles. The van der Waals surface area contributed by atoms with Crippen molar-refractivity contribution in [3.05, 3.63) is 35.7 Å². The number of nitrogens with zero attached hydrogens (tertiary/aromatic N) is 1. The van der Waals surface area contributed by atoms with Gasteiger partial charge in [-0.2, -0.15) is 5.92 Å². The second kappa shape index (κ2) is 9.20. The summed E-state index contributed by atoms with van der Waals surface area (Å²) in [6, 6.07) is 7.92. The Bertz CT molecular complexity index is 495. The number of ketones is 1. The quantitative estimate of drug-likeness (QED) is 0.367. The van der Waals surface area contributed by atoms with Gasteiger partial charge in [0.05, 0.1) is 14.2 Å². The van der Waals surface area contributed by atoms with Gasteiger partial charge >= 0.3 is 29.6 Å². The normalized spacial score (nSPS) is 15.2. The predicted octanol–water partition coefficient (Wildman–Crippen LogP) is -1.74. The van der Waals surface area contributed by atoms with E-state index in [9.17, 15) is 9.59 Å². The molecule has 0 atom stereocenters. The molecule has 0 radical (unpaired) electrons. The van der Waals surface area contributed by atoms with Gasteiger partial charge in [-0.25, -0.2) is 0 Å². The van der Waals surface area contributed by atoms with Gasteiger partial charge in [-0.1, -0.05) is 18.7 Å². The van der Waals surface area contributed by atoms with Crippen LogP contribution in [0.5, 0.6) is 5.75 Å². The van der Waals surface area contributed by atoms with Gasteiger partial charge in [-0.05, 0) is 43.6 Å². The number of carbonyl (C=O) groups excluding carboxylic acids is 2. The van der Waals surface area contributed by atoms with E-state index in [1.807, 2.05) is 24.3 Å². The number of hydrogen-bond acceptors (Lipinski definition) is 5. The zero-order valence-corrected chi connectivity index (χ0v) is 15.4. The number of rotatable bonds is 5. The Labute approximate surface area is 153 Å². The summed E-state index contributed by atoms with van der Waals surface area (Å²) >= 11 is 0. The van der Waals surface area contributed by atoms with Gasteiger partial charge in [-0.3, -0.25) is 4.79 Å². The van der Waals surface area contributed by atoms with E-state index < -0.39 is 5.97 Å². The number of carbonyl (C=O) groups is 2. The molecule has 22 heavy (non-hydrogen) atoms. The molecule has 0 amide bonds. The van der Waals surface area contributed by atoms with Crippen molar-refractivity contribution in [3.63, 3.8) is 0 Å². The van der Waals surface area contributed by atoms with Crippen LogP contribution < -0.4 is 34.3 Å². The first-order valence-electron chi connectivity index (χ1n) is 6.96. The SMILES string of the molecule is COC(=O)[C-]1CN(CCc2ccc(OC)cc2)CCC1=O.[Na+]. The molecule has 0 N–H and O–H groups in total. The summed E-state index contributed by atoms with van der Waals surface area (Å²) in [6.45, 7) is 1.87. The fourth-order valence-electron chi connectivity index (χ4n) is 2.37. The van der Waals surface area contributed by atoms with Crippen molar-refractivity contribution in [2.24, 2.45) is 0 Å². The molecule has 6 heteroatoms. The van der Waals surface area contributed by atoms with Crippen molar-refractivity contribution >= 4 is 11.8 Å². The van der Waals surface area contributed by atoms with E-state index in [0.717, 1.165) is 18.7 Å². The predicted molar refractivity (Wildman–Crippen MR) is 78.0 cm³/mol. The van der Waals surface area contributed by atoms with Crippen LogP contribution in [0.15, 0.2) is 24.3 Å². The minimum Gasteiger partial charge on any atom is -0.497 e. The van der Waals surface area contributed by atoms with Crippen LogP contribution in [0.4, 0.5) is 0 Å². The second-order valence-corrected chi connectivity index (χ2v) is 5.02. The molecule has 0 saturated carbocycles. The first kappa shape index (κ1) is 19.0. The number of Topliss-reactive ketones (excluding diaryl/α,β-unsaturated/α-hetero) is 1. The van der Waals surface area contributed by atoms with Gasteiger partial charge in [0.25, 0.3) is 0 Å². The molecule has 0 bridgehead atoms. The number of benzene rings is 1. The first-order valence-corrected chi connectivity index (χ1v) is 6.96. The molecular formula is C16H20NNaO4. The summed E-state index contributed by atoms with van der Waals surface area (Å²) in [6.07, 6.45) is 1.25. The van der Waals surface area contributed by atoms with Crippen LogP contribution in [0.3, 0.4) is 0 Å². The maximum absolute atomic E-state index is 11.7. The Morgan fingerprint density at radius 2 is 1.95 bits per heavy atom. The van der Waals surface area contributed by atoms with Crippen molar-refractivity contribution in [2.75, 3.05) is 33.9 Å². The standard InChI is InChI=1S/C16H20NO4.Na/c1-20-13-5-3-12(4-6-13)7-9-17-10-8-15(18)14(11-17)16(19)21-2;/h3-6H,7-11H2,1-2H3;/q-1;+1. The van der Waals surface area contributed by atoms with Gasteiger partial charge in [0, 0.05) is 5.78 Å². The summed E-state index contributed by atoms with van der Waals surface area (Å²) in [5.74, 6) is 0.499. The second-order valence-electron chi connectivity index (χ2n) is 5.02. The molecule has 1 fully saturated rings. The number of ether oxygens (including phenoxy) is 2. The number of piperidine rings is 1.